The average molecular weight is 370 g/mol. The summed E-state index contributed by atoms with van der Waals surface area (Å²) in [5.41, 5.74) is 5.88. The first-order valence-electron chi connectivity index (χ1n) is 8.73. The van der Waals surface area contributed by atoms with Crippen LogP contribution in [0.25, 0.3) is 22.0 Å². The summed E-state index contributed by atoms with van der Waals surface area (Å²) in [4.78, 5) is 11.6. The summed E-state index contributed by atoms with van der Waals surface area (Å²) in [5, 5.41) is 11.2. The van der Waals surface area contributed by atoms with E-state index in [1.54, 1.807) is 0 Å². The van der Waals surface area contributed by atoms with Crippen LogP contribution in [0.5, 0.6) is 5.75 Å². The largest absolute Gasteiger partial charge is 0.491 e. The minimum atomic E-state index is -0.848. The maximum absolute atomic E-state index is 11.6. The molecule has 2 aromatic carbocycles. The number of carboxylic acid groups (broad SMARTS) is 1. The van der Waals surface area contributed by atoms with E-state index < -0.39 is 5.97 Å². The molecule has 3 aromatic rings. The first kappa shape index (κ1) is 17.0. The van der Waals surface area contributed by atoms with E-state index >= 15 is 0 Å². The fourth-order valence-electron chi connectivity index (χ4n) is 3.96. The van der Waals surface area contributed by atoms with Crippen LogP contribution < -0.4 is 4.74 Å². The van der Waals surface area contributed by atoms with Crippen molar-refractivity contribution in [2.45, 2.75) is 33.2 Å². The molecule has 0 saturated carbocycles. The van der Waals surface area contributed by atoms with E-state index in [0.29, 0.717) is 11.6 Å². The molecule has 4 rings (SSSR count). The van der Waals surface area contributed by atoms with Crippen LogP contribution in [0.2, 0.25) is 5.02 Å². The molecule has 0 amide bonds. The van der Waals surface area contributed by atoms with Crippen molar-refractivity contribution in [3.8, 4) is 16.9 Å². The molecule has 5 heteroatoms. The van der Waals surface area contributed by atoms with Gasteiger partial charge in [0, 0.05) is 22.6 Å². The Morgan fingerprint density at radius 1 is 1.27 bits per heavy atom. The van der Waals surface area contributed by atoms with E-state index in [-0.39, 0.29) is 6.42 Å². The number of hydrogen-bond donors (Lipinski definition) is 1. The Kier molecular flexibility index (Phi) is 4.16. The zero-order valence-electron chi connectivity index (χ0n) is 14.8. The molecule has 0 radical (unpaired) electrons. The second-order valence-electron chi connectivity index (χ2n) is 6.79. The number of benzene rings is 2. The van der Waals surface area contributed by atoms with Crippen LogP contribution >= 0.6 is 11.6 Å². The third-order valence-electron chi connectivity index (χ3n) is 5.12. The highest BCUT2D eigenvalue weighted by Gasteiger charge is 2.25. The van der Waals surface area contributed by atoms with Crippen LogP contribution in [0.1, 0.15) is 23.2 Å². The number of ether oxygens (including phenoxy) is 1. The van der Waals surface area contributed by atoms with Gasteiger partial charge in [0.15, 0.2) is 0 Å². The molecule has 2 heterocycles. The third kappa shape index (κ3) is 2.65. The fraction of sp³-hybridized carbons (Fsp3) is 0.286. The molecule has 1 aliphatic heterocycles. The van der Waals surface area contributed by atoms with Gasteiger partial charge in [-0.05, 0) is 60.7 Å². The van der Waals surface area contributed by atoms with E-state index in [1.165, 1.54) is 0 Å². The van der Waals surface area contributed by atoms with E-state index in [2.05, 4.69) is 17.6 Å². The molecule has 0 bridgehead atoms. The Morgan fingerprint density at radius 3 is 2.69 bits per heavy atom. The lowest BCUT2D eigenvalue weighted by Gasteiger charge is -2.18. The number of hydrogen-bond acceptors (Lipinski definition) is 2. The van der Waals surface area contributed by atoms with Crippen molar-refractivity contribution in [3.05, 3.63) is 52.2 Å². The zero-order valence-corrected chi connectivity index (χ0v) is 15.6. The lowest BCUT2D eigenvalue weighted by atomic mass is 9.90. The molecule has 1 aromatic heterocycles. The Labute approximate surface area is 157 Å². The van der Waals surface area contributed by atoms with E-state index in [0.717, 1.165) is 57.6 Å². The second kappa shape index (κ2) is 6.36. The first-order valence-corrected chi connectivity index (χ1v) is 9.11. The van der Waals surface area contributed by atoms with Crippen LogP contribution in [0.4, 0.5) is 0 Å². The quantitative estimate of drug-likeness (QED) is 0.707. The summed E-state index contributed by atoms with van der Waals surface area (Å²) in [5.74, 6) is -0.0285. The van der Waals surface area contributed by atoms with Gasteiger partial charge in [-0.25, -0.2) is 0 Å². The van der Waals surface area contributed by atoms with Crippen molar-refractivity contribution in [2.75, 3.05) is 6.61 Å². The number of nitrogens with zero attached hydrogens (tertiary/aromatic N) is 1. The Balaban J connectivity index is 2.13. The molecule has 1 aliphatic rings. The molecule has 4 nitrogen and oxygen atoms in total. The summed E-state index contributed by atoms with van der Waals surface area (Å²) >= 11 is 6.06. The SMILES string of the molecule is Cc1c(CC(=O)O)c(-c2ccc(Cl)cc2)c2cc(C)n3c2c1OCCC3. The standard InChI is InChI=1S/C21H20ClNO3/c1-12-10-17-19(14-4-6-15(22)7-5-14)16(11-18(24)25)13(2)21-20(17)23(12)8-3-9-26-21/h4-7,10H,3,8-9,11H2,1-2H3,(H,24,25). The number of carbonyl (C=O) groups is 1. The monoisotopic (exact) mass is 369 g/mol. The summed E-state index contributed by atoms with van der Waals surface area (Å²) in [6, 6.07) is 9.73. The van der Waals surface area contributed by atoms with Crippen LogP contribution in [-0.2, 0) is 17.8 Å². The Bertz CT molecular complexity index is 1020. The number of aromatic nitrogens is 1. The van der Waals surface area contributed by atoms with E-state index in [4.69, 9.17) is 16.3 Å². The molecular formula is C21H20ClNO3. The lowest BCUT2D eigenvalue weighted by Crippen LogP contribution is -2.07. The van der Waals surface area contributed by atoms with Crippen molar-refractivity contribution in [1.82, 2.24) is 4.57 Å². The van der Waals surface area contributed by atoms with E-state index in [1.807, 2.05) is 31.2 Å². The molecule has 1 N–H and O–H groups in total. The minimum absolute atomic E-state index is 0.0413. The number of rotatable bonds is 3. The van der Waals surface area contributed by atoms with Gasteiger partial charge < -0.3 is 14.4 Å². The van der Waals surface area contributed by atoms with Crippen molar-refractivity contribution < 1.29 is 14.6 Å². The van der Waals surface area contributed by atoms with Crippen LogP contribution in [0.3, 0.4) is 0 Å². The van der Waals surface area contributed by atoms with Gasteiger partial charge in [-0.1, -0.05) is 23.7 Å². The number of aryl methyl sites for hydroxylation is 2. The van der Waals surface area contributed by atoms with Crippen molar-refractivity contribution in [2.24, 2.45) is 0 Å². The third-order valence-corrected chi connectivity index (χ3v) is 5.37. The molecule has 0 fully saturated rings. The van der Waals surface area contributed by atoms with Crippen LogP contribution in [-0.4, -0.2) is 22.2 Å². The molecule has 0 saturated heterocycles. The Hall–Kier alpha value is -2.46. The fourth-order valence-corrected chi connectivity index (χ4v) is 4.08. The number of aliphatic carboxylic acids is 1. The molecule has 26 heavy (non-hydrogen) atoms. The van der Waals surface area contributed by atoms with Crippen molar-refractivity contribution >= 4 is 28.5 Å². The highest BCUT2D eigenvalue weighted by molar-refractivity contribution is 6.30. The molecule has 0 atom stereocenters. The molecular weight excluding hydrogens is 350 g/mol. The van der Waals surface area contributed by atoms with Gasteiger partial charge in [-0.15, -0.1) is 0 Å². The maximum atomic E-state index is 11.6. The first-order chi connectivity index (χ1) is 12.5. The predicted molar refractivity (Wildman–Crippen MR) is 103 cm³/mol. The van der Waals surface area contributed by atoms with Gasteiger partial charge in [-0.2, -0.15) is 0 Å². The van der Waals surface area contributed by atoms with Crippen LogP contribution in [0, 0.1) is 13.8 Å². The Morgan fingerprint density at radius 2 is 2.00 bits per heavy atom. The summed E-state index contributed by atoms with van der Waals surface area (Å²) in [6.45, 7) is 5.60. The van der Waals surface area contributed by atoms with Gasteiger partial charge in [0.1, 0.15) is 5.75 Å². The summed E-state index contributed by atoms with van der Waals surface area (Å²) in [6.07, 6.45) is 0.892. The average Bonchev–Trinajstić information content (AvgIpc) is 2.79. The zero-order chi connectivity index (χ0) is 18.4. The van der Waals surface area contributed by atoms with Gasteiger partial charge in [0.25, 0.3) is 0 Å². The van der Waals surface area contributed by atoms with Gasteiger partial charge in [0.2, 0.25) is 0 Å². The number of halogens is 1. The lowest BCUT2D eigenvalue weighted by molar-refractivity contribution is -0.136. The normalized spacial score (nSPS) is 13.5. The smallest absolute Gasteiger partial charge is 0.307 e. The van der Waals surface area contributed by atoms with Crippen molar-refractivity contribution in [1.29, 1.82) is 0 Å². The van der Waals surface area contributed by atoms with Gasteiger partial charge in [0.05, 0.1) is 18.5 Å². The van der Waals surface area contributed by atoms with E-state index in [9.17, 15) is 9.90 Å². The summed E-state index contributed by atoms with van der Waals surface area (Å²) in [7, 11) is 0. The van der Waals surface area contributed by atoms with Gasteiger partial charge in [-0.3, -0.25) is 4.79 Å². The molecule has 0 spiro atoms. The maximum Gasteiger partial charge on any atom is 0.307 e. The molecule has 134 valence electrons. The molecule has 0 unspecified atom stereocenters. The number of carboxylic acids is 1. The van der Waals surface area contributed by atoms with Gasteiger partial charge >= 0.3 is 5.97 Å². The second-order valence-corrected chi connectivity index (χ2v) is 7.22. The molecule has 0 aliphatic carbocycles. The van der Waals surface area contributed by atoms with Crippen molar-refractivity contribution in [3.63, 3.8) is 0 Å². The highest BCUT2D eigenvalue weighted by atomic mass is 35.5. The predicted octanol–water partition coefficient (Wildman–Crippen LogP) is 4.99. The topological polar surface area (TPSA) is 51.5 Å². The highest BCUT2D eigenvalue weighted by Crippen LogP contribution is 2.44. The summed E-state index contributed by atoms with van der Waals surface area (Å²) < 4.78 is 8.35. The van der Waals surface area contributed by atoms with Crippen LogP contribution in [0.15, 0.2) is 30.3 Å². The minimum Gasteiger partial charge on any atom is -0.491 e.